The van der Waals surface area contributed by atoms with Crippen molar-refractivity contribution >= 4 is 5.97 Å². The molecule has 0 aliphatic heterocycles. The highest BCUT2D eigenvalue weighted by Crippen LogP contribution is 2.06. The smallest absolute Gasteiger partial charge is 0.302 e. The van der Waals surface area contributed by atoms with Crippen LogP contribution in [0.2, 0.25) is 0 Å². The third-order valence-electron chi connectivity index (χ3n) is 3.08. The highest BCUT2D eigenvalue weighted by Gasteiger charge is 1.95. The number of hydrogen-bond donors (Lipinski definition) is 2. The standard InChI is InChI=1S/C20H28O4/c1-3-19(22)14-11-9-12-16-20(23)15-10-7-5-4-6-8-13-17-24-18(2)21/h3,10,15,19-20,22-23H,1,4-8,13,16-17H2,2H3/b15-10-/t19-,20-/m0/s1. The van der Waals surface area contributed by atoms with E-state index in [1.807, 2.05) is 6.08 Å². The summed E-state index contributed by atoms with van der Waals surface area (Å²) in [5.41, 5.74) is 0. The lowest BCUT2D eigenvalue weighted by molar-refractivity contribution is -0.141. The highest BCUT2D eigenvalue weighted by atomic mass is 16.5. The number of aliphatic hydroxyl groups is 2. The molecular formula is C20H28O4. The van der Waals surface area contributed by atoms with E-state index in [1.165, 1.54) is 13.0 Å². The zero-order valence-electron chi connectivity index (χ0n) is 14.5. The van der Waals surface area contributed by atoms with Gasteiger partial charge in [0.1, 0.15) is 6.10 Å². The molecule has 24 heavy (non-hydrogen) atoms. The van der Waals surface area contributed by atoms with Crippen molar-refractivity contribution in [2.75, 3.05) is 6.61 Å². The number of ether oxygens (including phenoxy) is 1. The first kappa shape index (κ1) is 22.0. The Hall–Kier alpha value is -2.01. The first-order valence-electron chi connectivity index (χ1n) is 8.33. The van der Waals surface area contributed by atoms with Crippen LogP contribution < -0.4 is 0 Å². The van der Waals surface area contributed by atoms with Crippen LogP contribution in [-0.2, 0) is 9.53 Å². The quantitative estimate of drug-likeness (QED) is 0.264. The predicted octanol–water partition coefficient (Wildman–Crippen LogP) is 2.75. The molecule has 0 aromatic carbocycles. The lowest BCUT2D eigenvalue weighted by Crippen LogP contribution is -2.00. The molecule has 132 valence electrons. The van der Waals surface area contributed by atoms with Gasteiger partial charge >= 0.3 is 5.97 Å². The van der Waals surface area contributed by atoms with Crippen LogP contribution in [0.5, 0.6) is 0 Å². The van der Waals surface area contributed by atoms with Gasteiger partial charge in [-0.1, -0.05) is 55.9 Å². The Labute approximate surface area is 145 Å². The normalized spacial score (nSPS) is 12.5. The maximum atomic E-state index is 10.6. The Bertz CT molecular complexity index is 499. The van der Waals surface area contributed by atoms with Crippen LogP contribution in [0, 0.1) is 23.7 Å². The summed E-state index contributed by atoms with van der Waals surface area (Å²) in [4.78, 5) is 10.6. The summed E-state index contributed by atoms with van der Waals surface area (Å²) < 4.78 is 4.86. The van der Waals surface area contributed by atoms with Gasteiger partial charge in [-0.05, 0) is 31.1 Å². The number of carbonyl (C=O) groups is 1. The Kier molecular flexibility index (Phi) is 14.5. The van der Waals surface area contributed by atoms with Crippen molar-refractivity contribution in [2.45, 2.75) is 64.1 Å². The Morgan fingerprint density at radius 2 is 1.88 bits per heavy atom. The van der Waals surface area contributed by atoms with Gasteiger partial charge in [-0.2, -0.15) is 0 Å². The minimum absolute atomic E-state index is 0.218. The number of rotatable bonds is 11. The van der Waals surface area contributed by atoms with Crippen LogP contribution in [0.1, 0.15) is 51.9 Å². The lowest BCUT2D eigenvalue weighted by Gasteiger charge is -2.02. The average Bonchev–Trinajstić information content (AvgIpc) is 2.55. The molecule has 0 radical (unpaired) electrons. The SMILES string of the molecule is C=C[C@H](O)C#CC#CC[C@@H](O)/C=C\CCCCCCCOC(C)=O. The average molecular weight is 332 g/mol. The van der Waals surface area contributed by atoms with E-state index in [4.69, 9.17) is 9.84 Å². The van der Waals surface area contributed by atoms with Gasteiger partial charge in [0.2, 0.25) is 0 Å². The second-order valence-corrected chi connectivity index (χ2v) is 5.35. The Morgan fingerprint density at radius 1 is 1.17 bits per heavy atom. The van der Waals surface area contributed by atoms with Crippen molar-refractivity contribution in [3.05, 3.63) is 24.8 Å². The number of esters is 1. The molecule has 4 nitrogen and oxygen atoms in total. The van der Waals surface area contributed by atoms with Gasteiger partial charge in [0.15, 0.2) is 0 Å². The first-order valence-corrected chi connectivity index (χ1v) is 8.33. The summed E-state index contributed by atoms with van der Waals surface area (Å²) >= 11 is 0. The van der Waals surface area contributed by atoms with E-state index >= 15 is 0 Å². The van der Waals surface area contributed by atoms with Gasteiger partial charge in [0.05, 0.1) is 12.7 Å². The second kappa shape index (κ2) is 15.9. The van der Waals surface area contributed by atoms with Gasteiger partial charge in [0.25, 0.3) is 0 Å². The molecule has 4 heteroatoms. The maximum absolute atomic E-state index is 10.6. The molecule has 0 aromatic rings. The first-order chi connectivity index (χ1) is 11.6. The number of aliphatic hydroxyl groups excluding tert-OH is 2. The molecule has 0 fully saturated rings. The van der Waals surface area contributed by atoms with Crippen molar-refractivity contribution in [3.8, 4) is 23.7 Å². The summed E-state index contributed by atoms with van der Waals surface area (Å²) in [7, 11) is 0. The fourth-order valence-corrected chi connectivity index (χ4v) is 1.80. The summed E-state index contributed by atoms with van der Waals surface area (Å²) in [6, 6.07) is 0. The molecular weight excluding hydrogens is 304 g/mol. The van der Waals surface area contributed by atoms with E-state index in [0.29, 0.717) is 13.0 Å². The number of allylic oxidation sites excluding steroid dienone is 1. The molecule has 0 spiro atoms. The van der Waals surface area contributed by atoms with E-state index in [1.54, 1.807) is 6.08 Å². The molecule has 0 amide bonds. The third kappa shape index (κ3) is 16.4. The molecule has 0 bridgehead atoms. The van der Waals surface area contributed by atoms with Gasteiger partial charge in [0, 0.05) is 13.3 Å². The molecule has 0 rings (SSSR count). The fraction of sp³-hybridized carbons (Fsp3) is 0.550. The molecule has 2 atom stereocenters. The van der Waals surface area contributed by atoms with Crippen LogP contribution >= 0.6 is 0 Å². The zero-order valence-corrected chi connectivity index (χ0v) is 14.5. The lowest BCUT2D eigenvalue weighted by atomic mass is 10.1. The number of hydrogen-bond acceptors (Lipinski definition) is 4. The fourth-order valence-electron chi connectivity index (χ4n) is 1.80. The van der Waals surface area contributed by atoms with E-state index in [-0.39, 0.29) is 5.97 Å². The summed E-state index contributed by atoms with van der Waals surface area (Å²) in [6.45, 7) is 5.34. The summed E-state index contributed by atoms with van der Waals surface area (Å²) in [5, 5.41) is 18.8. The van der Waals surface area contributed by atoms with Crippen LogP contribution in [0.3, 0.4) is 0 Å². The molecule has 0 aromatic heterocycles. The summed E-state index contributed by atoms with van der Waals surface area (Å²) in [5.74, 6) is 10.1. The number of carbonyl (C=O) groups excluding carboxylic acids is 1. The molecule has 0 saturated heterocycles. The van der Waals surface area contributed by atoms with Crippen molar-refractivity contribution in [3.63, 3.8) is 0 Å². The van der Waals surface area contributed by atoms with E-state index in [9.17, 15) is 9.90 Å². The second-order valence-electron chi connectivity index (χ2n) is 5.35. The van der Waals surface area contributed by atoms with Crippen LogP contribution in [0.25, 0.3) is 0 Å². The monoisotopic (exact) mass is 332 g/mol. The van der Waals surface area contributed by atoms with Crippen molar-refractivity contribution < 1.29 is 19.7 Å². The third-order valence-corrected chi connectivity index (χ3v) is 3.08. The minimum Gasteiger partial charge on any atom is -0.466 e. The van der Waals surface area contributed by atoms with E-state index in [2.05, 4.69) is 30.3 Å². The maximum Gasteiger partial charge on any atom is 0.302 e. The largest absolute Gasteiger partial charge is 0.466 e. The highest BCUT2D eigenvalue weighted by molar-refractivity contribution is 5.65. The van der Waals surface area contributed by atoms with Crippen molar-refractivity contribution in [1.82, 2.24) is 0 Å². The summed E-state index contributed by atoms with van der Waals surface area (Å²) in [6.07, 6.45) is 10.2. The molecule has 2 N–H and O–H groups in total. The molecule has 0 aliphatic rings. The van der Waals surface area contributed by atoms with Gasteiger partial charge < -0.3 is 14.9 Å². The van der Waals surface area contributed by atoms with Crippen LogP contribution in [0.15, 0.2) is 24.8 Å². The van der Waals surface area contributed by atoms with Gasteiger partial charge in [-0.15, -0.1) is 0 Å². The van der Waals surface area contributed by atoms with Crippen LogP contribution in [-0.4, -0.2) is 35.0 Å². The van der Waals surface area contributed by atoms with Gasteiger partial charge in [-0.25, -0.2) is 0 Å². The number of unbranched alkanes of at least 4 members (excludes halogenated alkanes) is 5. The minimum atomic E-state index is -0.856. The molecule has 0 unspecified atom stereocenters. The van der Waals surface area contributed by atoms with E-state index < -0.39 is 12.2 Å². The van der Waals surface area contributed by atoms with Crippen molar-refractivity contribution in [1.29, 1.82) is 0 Å². The Balaban J connectivity index is 3.59. The molecule has 0 saturated carbocycles. The van der Waals surface area contributed by atoms with Gasteiger partial charge in [-0.3, -0.25) is 4.79 Å². The molecule has 0 aliphatic carbocycles. The predicted molar refractivity (Wildman–Crippen MR) is 95.9 cm³/mol. The Morgan fingerprint density at radius 3 is 2.58 bits per heavy atom. The molecule has 0 heterocycles. The zero-order chi connectivity index (χ0) is 18.0. The van der Waals surface area contributed by atoms with E-state index in [0.717, 1.165) is 38.5 Å². The van der Waals surface area contributed by atoms with Crippen LogP contribution in [0.4, 0.5) is 0 Å². The van der Waals surface area contributed by atoms with Crippen molar-refractivity contribution in [2.24, 2.45) is 0 Å². The topological polar surface area (TPSA) is 66.8 Å².